The highest BCUT2D eigenvalue weighted by Crippen LogP contribution is 2.36. The molecule has 0 aliphatic carbocycles. The van der Waals surface area contributed by atoms with Crippen LogP contribution < -0.4 is 21.9 Å². The van der Waals surface area contributed by atoms with Crippen LogP contribution in [0.1, 0.15) is 18.1 Å². The summed E-state index contributed by atoms with van der Waals surface area (Å²) in [5, 5.41) is 4.10. The Balaban J connectivity index is 1.51. The summed E-state index contributed by atoms with van der Waals surface area (Å²) in [6.45, 7) is 4.57. The molecule has 3 heterocycles. The van der Waals surface area contributed by atoms with Gasteiger partial charge in [0.2, 0.25) is 0 Å². The number of aliphatic imine (C=N–C) groups is 1. The van der Waals surface area contributed by atoms with Crippen LogP contribution in [0.25, 0.3) is 5.57 Å². The lowest BCUT2D eigenvalue weighted by molar-refractivity contribution is -0.142. The maximum Gasteiger partial charge on any atom is 0.295 e. The Labute approximate surface area is 208 Å². The molecule has 0 spiro atoms. The van der Waals surface area contributed by atoms with E-state index in [2.05, 4.69) is 20.2 Å². The zero-order chi connectivity index (χ0) is 25.7. The normalized spacial score (nSPS) is 15.9. The van der Waals surface area contributed by atoms with Crippen molar-refractivity contribution in [2.24, 2.45) is 16.6 Å². The highest BCUT2D eigenvalue weighted by Gasteiger charge is 2.34. The summed E-state index contributed by atoms with van der Waals surface area (Å²) < 4.78 is 14.8. The molecule has 4 rings (SSSR count). The lowest BCUT2D eigenvalue weighted by Crippen LogP contribution is -2.52. The third-order valence-electron chi connectivity index (χ3n) is 6.00. The number of hydrogen-bond acceptors (Lipinski definition) is 8. The Bertz CT molecular complexity index is 1220. The van der Waals surface area contributed by atoms with E-state index in [0.29, 0.717) is 32.7 Å². The fraction of sp³-hybridized carbons (Fsp3) is 0.280. The second kappa shape index (κ2) is 11.0. The van der Waals surface area contributed by atoms with Crippen LogP contribution in [0.5, 0.6) is 0 Å². The molecule has 2 aliphatic heterocycles. The van der Waals surface area contributed by atoms with Crippen LogP contribution >= 0.6 is 0 Å². The number of carbonyl (C=O) groups is 2. The molecule has 1 aromatic carbocycles. The molecule has 5 N–H and O–H groups in total. The number of carbonyl (C=O) groups excluding carboxylic acids is 2. The number of halogens is 1. The highest BCUT2D eigenvalue weighted by molar-refractivity contribution is 6.53. The van der Waals surface area contributed by atoms with Gasteiger partial charge in [-0.3, -0.25) is 19.6 Å². The Morgan fingerprint density at radius 1 is 1.19 bits per heavy atom. The number of piperazine rings is 1. The molecule has 0 bridgehead atoms. The van der Waals surface area contributed by atoms with E-state index in [-0.39, 0.29) is 29.2 Å². The predicted octanol–water partition coefficient (Wildman–Crippen LogP) is 1.32. The summed E-state index contributed by atoms with van der Waals surface area (Å²) in [6, 6.07) is 9.87. The molecule has 0 saturated carbocycles. The molecule has 0 unspecified atom stereocenters. The summed E-state index contributed by atoms with van der Waals surface area (Å²) in [6.07, 6.45) is 5.03. The number of pyridine rings is 1. The number of hydrazine groups is 1. The van der Waals surface area contributed by atoms with Crippen LogP contribution in [0.3, 0.4) is 0 Å². The SMILES string of the molecule is CCN=C(c1ccccc1)N1CCN(C(=O)C(=O)C2=CCNc3c(N(N)/C=C\N)ncc(F)c32)CC1. The van der Waals surface area contributed by atoms with Crippen molar-refractivity contribution in [3.63, 3.8) is 0 Å². The Hall–Kier alpha value is -4.25. The number of benzene rings is 1. The maximum atomic E-state index is 14.8. The first-order valence-electron chi connectivity index (χ1n) is 11.7. The lowest BCUT2D eigenvalue weighted by Gasteiger charge is -2.36. The standard InChI is InChI=1S/C25H29FN8O2/c1-2-29-23(17-6-4-3-5-7-17)32-12-14-33(15-13-32)25(36)22(35)18-8-10-30-21-20(18)19(26)16-31-24(21)34(28)11-9-27/h3-9,11,16,30H,2,10,12-15,27-28H2,1H3/b11-9-,29-23?. The van der Waals surface area contributed by atoms with Crippen molar-refractivity contribution in [3.05, 3.63) is 71.9 Å². The van der Waals surface area contributed by atoms with E-state index in [1.54, 1.807) is 0 Å². The number of nitrogens with two attached hydrogens (primary N) is 2. The topological polar surface area (TPSA) is 133 Å². The summed E-state index contributed by atoms with van der Waals surface area (Å²) in [7, 11) is 0. The number of fused-ring (bicyclic) bond motifs is 1. The largest absolute Gasteiger partial charge is 0.403 e. The number of hydrogen-bond donors (Lipinski definition) is 3. The first kappa shape index (κ1) is 24.9. The number of amides is 1. The van der Waals surface area contributed by atoms with Crippen molar-refractivity contribution in [1.82, 2.24) is 14.8 Å². The van der Waals surface area contributed by atoms with Gasteiger partial charge in [-0.05, 0) is 6.92 Å². The van der Waals surface area contributed by atoms with Crippen LogP contribution in [-0.2, 0) is 9.59 Å². The quantitative estimate of drug-likeness (QED) is 0.181. The molecule has 2 aliphatic rings. The van der Waals surface area contributed by atoms with Crippen molar-refractivity contribution in [2.45, 2.75) is 6.92 Å². The summed E-state index contributed by atoms with van der Waals surface area (Å²) in [5.41, 5.74) is 6.58. The molecule has 1 fully saturated rings. The van der Waals surface area contributed by atoms with Crippen molar-refractivity contribution in [3.8, 4) is 0 Å². The minimum absolute atomic E-state index is 0.0139. The first-order chi connectivity index (χ1) is 17.5. The first-order valence-corrected chi connectivity index (χ1v) is 11.7. The number of nitrogens with one attached hydrogen (secondary N) is 1. The van der Waals surface area contributed by atoms with Gasteiger partial charge in [-0.25, -0.2) is 15.2 Å². The fourth-order valence-electron chi connectivity index (χ4n) is 4.32. The molecular formula is C25H29FN8O2. The molecule has 36 heavy (non-hydrogen) atoms. The van der Waals surface area contributed by atoms with Gasteiger partial charge in [0.05, 0.1) is 11.9 Å². The van der Waals surface area contributed by atoms with Gasteiger partial charge in [0.15, 0.2) is 11.6 Å². The Morgan fingerprint density at radius 2 is 1.89 bits per heavy atom. The maximum absolute atomic E-state index is 14.8. The monoisotopic (exact) mass is 492 g/mol. The van der Waals surface area contributed by atoms with Crippen molar-refractivity contribution in [2.75, 3.05) is 49.6 Å². The van der Waals surface area contributed by atoms with E-state index in [4.69, 9.17) is 11.6 Å². The average molecular weight is 493 g/mol. The molecule has 11 heteroatoms. The van der Waals surface area contributed by atoms with E-state index < -0.39 is 17.5 Å². The Kier molecular flexibility index (Phi) is 7.59. The average Bonchev–Trinajstić information content (AvgIpc) is 2.91. The van der Waals surface area contributed by atoms with E-state index >= 15 is 0 Å². The minimum Gasteiger partial charge on any atom is -0.403 e. The number of rotatable bonds is 6. The third kappa shape index (κ3) is 4.91. The van der Waals surface area contributed by atoms with E-state index in [0.717, 1.165) is 22.6 Å². The molecule has 0 radical (unpaired) electrons. The lowest BCUT2D eigenvalue weighted by atomic mass is 9.96. The minimum atomic E-state index is -0.773. The third-order valence-corrected chi connectivity index (χ3v) is 6.00. The number of anilines is 2. The molecule has 2 aromatic rings. The van der Waals surface area contributed by atoms with Crippen molar-refractivity contribution >= 4 is 34.6 Å². The number of aromatic nitrogens is 1. The van der Waals surface area contributed by atoms with E-state index in [1.807, 2.05) is 37.3 Å². The molecular weight excluding hydrogens is 463 g/mol. The summed E-state index contributed by atoms with van der Waals surface area (Å²) in [4.78, 5) is 38.7. The van der Waals surface area contributed by atoms with Crippen LogP contribution in [0.4, 0.5) is 15.9 Å². The van der Waals surface area contributed by atoms with Gasteiger partial charge < -0.3 is 20.9 Å². The van der Waals surface area contributed by atoms with Crippen LogP contribution in [0.2, 0.25) is 0 Å². The zero-order valence-corrected chi connectivity index (χ0v) is 20.0. The van der Waals surface area contributed by atoms with Gasteiger partial charge in [-0.15, -0.1) is 0 Å². The number of ketones is 1. The van der Waals surface area contributed by atoms with Crippen molar-refractivity contribution in [1.29, 1.82) is 0 Å². The van der Waals surface area contributed by atoms with E-state index in [1.165, 1.54) is 23.4 Å². The van der Waals surface area contributed by atoms with Gasteiger partial charge >= 0.3 is 0 Å². The van der Waals surface area contributed by atoms with Gasteiger partial charge in [0.1, 0.15) is 5.84 Å². The molecule has 1 amide bonds. The number of Topliss-reactive ketones (excluding diaryl/α,β-unsaturated/α-hetero) is 1. The molecule has 1 aromatic heterocycles. The van der Waals surface area contributed by atoms with Gasteiger partial charge in [0, 0.05) is 68.4 Å². The fourth-order valence-corrected chi connectivity index (χ4v) is 4.32. The van der Waals surface area contributed by atoms with E-state index in [9.17, 15) is 14.0 Å². The van der Waals surface area contributed by atoms with Crippen LogP contribution in [-0.4, -0.2) is 71.6 Å². The number of nitrogens with zero attached hydrogens (tertiary/aromatic N) is 5. The van der Waals surface area contributed by atoms with Crippen molar-refractivity contribution < 1.29 is 14.0 Å². The number of amidine groups is 1. The van der Waals surface area contributed by atoms with Crippen LogP contribution in [0.15, 0.2) is 60.0 Å². The van der Waals surface area contributed by atoms with Gasteiger partial charge in [0.25, 0.3) is 11.7 Å². The van der Waals surface area contributed by atoms with Crippen LogP contribution in [0, 0.1) is 5.82 Å². The smallest absolute Gasteiger partial charge is 0.295 e. The summed E-state index contributed by atoms with van der Waals surface area (Å²) >= 11 is 0. The van der Waals surface area contributed by atoms with Gasteiger partial charge in [-0.1, -0.05) is 36.4 Å². The second-order valence-electron chi connectivity index (χ2n) is 8.20. The Morgan fingerprint density at radius 3 is 2.56 bits per heavy atom. The molecule has 10 nitrogen and oxygen atoms in total. The second-order valence-corrected chi connectivity index (χ2v) is 8.20. The zero-order valence-electron chi connectivity index (χ0n) is 20.0. The summed E-state index contributed by atoms with van der Waals surface area (Å²) in [5.74, 6) is 4.79. The molecule has 0 atom stereocenters. The highest BCUT2D eigenvalue weighted by atomic mass is 19.1. The van der Waals surface area contributed by atoms with Gasteiger partial charge in [-0.2, -0.15) is 0 Å². The molecule has 188 valence electrons. The predicted molar refractivity (Wildman–Crippen MR) is 137 cm³/mol. The molecule has 1 saturated heterocycles.